The molecule has 4 rings (SSSR count). The Morgan fingerprint density at radius 3 is 2.28 bits per heavy atom. The number of carbonyl (C=O) groups is 5. The minimum absolute atomic E-state index is 0.124. The lowest BCUT2D eigenvalue weighted by molar-refractivity contribution is -0.234. The molecule has 2 atom stereocenters. The third-order valence-electron chi connectivity index (χ3n) is 6.20. The van der Waals surface area contributed by atoms with Crippen molar-refractivity contribution in [3.8, 4) is 5.75 Å². The van der Waals surface area contributed by atoms with Crippen LogP contribution in [0.2, 0.25) is 0 Å². The first-order valence-electron chi connectivity index (χ1n) is 10.8. The lowest BCUT2D eigenvalue weighted by Crippen LogP contribution is -2.58. The molecule has 0 unspecified atom stereocenters. The highest BCUT2D eigenvalue weighted by Crippen LogP contribution is 2.45. The summed E-state index contributed by atoms with van der Waals surface area (Å²) in [4.78, 5) is 65.0. The van der Waals surface area contributed by atoms with Crippen molar-refractivity contribution in [2.75, 3.05) is 21.3 Å². The first-order chi connectivity index (χ1) is 17.1. The third-order valence-corrected chi connectivity index (χ3v) is 6.20. The van der Waals surface area contributed by atoms with Gasteiger partial charge in [-0.05, 0) is 18.4 Å². The van der Waals surface area contributed by atoms with Crippen LogP contribution in [-0.4, -0.2) is 73.9 Å². The summed E-state index contributed by atoms with van der Waals surface area (Å²) in [5, 5.41) is 11.7. The number of aromatic hydroxyl groups is 1. The van der Waals surface area contributed by atoms with E-state index in [1.165, 1.54) is 13.0 Å². The van der Waals surface area contributed by atoms with Gasteiger partial charge in [-0.25, -0.2) is 14.4 Å². The summed E-state index contributed by atoms with van der Waals surface area (Å²) >= 11 is 0. The zero-order chi connectivity index (χ0) is 26.4. The fourth-order valence-corrected chi connectivity index (χ4v) is 4.41. The van der Waals surface area contributed by atoms with Gasteiger partial charge in [-0.2, -0.15) is 0 Å². The second-order valence-corrected chi connectivity index (χ2v) is 8.16. The number of ether oxygens (including phenoxy) is 5. The summed E-state index contributed by atoms with van der Waals surface area (Å²) < 4.78 is 25.4. The van der Waals surface area contributed by atoms with Crippen LogP contribution < -0.4 is 0 Å². The van der Waals surface area contributed by atoms with Crippen LogP contribution in [0.4, 0.5) is 0 Å². The molecule has 11 heteroatoms. The molecule has 0 fully saturated rings. The monoisotopic (exact) mass is 498 g/mol. The molecule has 2 aromatic rings. The van der Waals surface area contributed by atoms with Gasteiger partial charge in [0.05, 0.1) is 32.5 Å². The number of Topliss-reactive ketones (excluding diaryl/α,β-unsaturated/α-hetero) is 2. The molecule has 2 aliphatic rings. The Morgan fingerprint density at radius 1 is 1.03 bits per heavy atom. The summed E-state index contributed by atoms with van der Waals surface area (Å²) in [7, 11) is 3.10. The van der Waals surface area contributed by atoms with Crippen molar-refractivity contribution < 1.29 is 52.8 Å². The Bertz CT molecular complexity index is 1340. The van der Waals surface area contributed by atoms with E-state index >= 15 is 0 Å². The molecular weight excluding hydrogens is 476 g/mol. The van der Waals surface area contributed by atoms with E-state index < -0.39 is 59.6 Å². The standard InChI is InChI=1S/C25H22O11/c1-11(21(29)32-2)35-22-17-15(10-25(36-22,23(30)33-3)24(31)34-4)20(28)16-14(19(17)27)9-12-7-5-6-8-13(12)18(16)26/h5-9,11,22,26H,10H2,1-4H3/t11-,22+/m0/s1. The van der Waals surface area contributed by atoms with Crippen molar-refractivity contribution in [3.05, 3.63) is 52.6 Å². The van der Waals surface area contributed by atoms with Gasteiger partial charge >= 0.3 is 17.9 Å². The lowest BCUT2D eigenvalue weighted by atomic mass is 9.76. The predicted molar refractivity (Wildman–Crippen MR) is 120 cm³/mol. The molecule has 0 saturated carbocycles. The van der Waals surface area contributed by atoms with E-state index in [1.807, 2.05) is 0 Å². The molecule has 0 saturated heterocycles. The first kappa shape index (κ1) is 25.0. The Kier molecular flexibility index (Phi) is 6.37. The van der Waals surface area contributed by atoms with Gasteiger partial charge in [0.1, 0.15) is 5.75 Å². The number of hydrogen-bond donors (Lipinski definition) is 1. The van der Waals surface area contributed by atoms with E-state index in [2.05, 4.69) is 4.74 Å². The minimum atomic E-state index is -2.53. The molecule has 1 heterocycles. The van der Waals surface area contributed by atoms with E-state index in [-0.39, 0.29) is 22.3 Å². The van der Waals surface area contributed by atoms with E-state index in [9.17, 15) is 29.1 Å². The molecule has 11 nitrogen and oxygen atoms in total. The molecule has 0 aromatic heterocycles. The molecular formula is C25H22O11. The third kappa shape index (κ3) is 3.64. The van der Waals surface area contributed by atoms with Gasteiger partial charge in [-0.15, -0.1) is 0 Å². The number of fused-ring (bicyclic) bond motifs is 2. The van der Waals surface area contributed by atoms with Crippen LogP contribution in [0.25, 0.3) is 10.8 Å². The first-order valence-corrected chi connectivity index (χ1v) is 10.8. The van der Waals surface area contributed by atoms with Crippen molar-refractivity contribution in [2.24, 2.45) is 0 Å². The number of carbonyl (C=O) groups excluding carboxylic acids is 5. The van der Waals surface area contributed by atoms with Crippen LogP contribution in [0.3, 0.4) is 0 Å². The van der Waals surface area contributed by atoms with Crippen LogP contribution in [0.1, 0.15) is 34.1 Å². The van der Waals surface area contributed by atoms with Gasteiger partial charge < -0.3 is 28.8 Å². The molecule has 188 valence electrons. The second-order valence-electron chi connectivity index (χ2n) is 8.16. The highest BCUT2D eigenvalue weighted by atomic mass is 16.7. The fraction of sp³-hybridized carbons (Fsp3) is 0.320. The quantitative estimate of drug-likeness (QED) is 0.364. The number of phenols is 1. The number of ketones is 2. The molecule has 1 aliphatic carbocycles. The van der Waals surface area contributed by atoms with Crippen molar-refractivity contribution in [1.29, 1.82) is 0 Å². The normalized spacial score (nSPS) is 19.3. The highest BCUT2D eigenvalue weighted by Gasteiger charge is 2.59. The average Bonchev–Trinajstić information content (AvgIpc) is 2.89. The lowest BCUT2D eigenvalue weighted by Gasteiger charge is -2.40. The Morgan fingerprint density at radius 2 is 1.67 bits per heavy atom. The fourth-order valence-electron chi connectivity index (χ4n) is 4.41. The van der Waals surface area contributed by atoms with Crippen LogP contribution in [-0.2, 0) is 38.1 Å². The van der Waals surface area contributed by atoms with Gasteiger partial charge in [0.2, 0.25) is 0 Å². The minimum Gasteiger partial charge on any atom is -0.507 e. The zero-order valence-corrected chi connectivity index (χ0v) is 19.8. The Labute approximate surface area is 204 Å². The molecule has 1 aliphatic heterocycles. The molecule has 0 radical (unpaired) electrons. The molecule has 0 spiro atoms. The van der Waals surface area contributed by atoms with Gasteiger partial charge in [0.15, 0.2) is 24.0 Å². The zero-order valence-electron chi connectivity index (χ0n) is 19.8. The maximum absolute atomic E-state index is 13.7. The smallest absolute Gasteiger partial charge is 0.350 e. The molecule has 0 bridgehead atoms. The topological polar surface area (TPSA) is 152 Å². The van der Waals surface area contributed by atoms with Crippen molar-refractivity contribution in [1.82, 2.24) is 0 Å². The van der Waals surface area contributed by atoms with Crippen LogP contribution >= 0.6 is 0 Å². The van der Waals surface area contributed by atoms with Crippen molar-refractivity contribution in [2.45, 2.75) is 31.3 Å². The highest BCUT2D eigenvalue weighted by molar-refractivity contribution is 6.30. The second kappa shape index (κ2) is 9.17. The molecule has 0 amide bonds. The average molecular weight is 498 g/mol. The maximum Gasteiger partial charge on any atom is 0.350 e. The number of hydrogen-bond acceptors (Lipinski definition) is 11. The number of methoxy groups -OCH3 is 3. The molecule has 36 heavy (non-hydrogen) atoms. The van der Waals surface area contributed by atoms with Gasteiger partial charge in [0.25, 0.3) is 5.60 Å². The summed E-state index contributed by atoms with van der Waals surface area (Å²) in [5.41, 5.74) is -3.57. The van der Waals surface area contributed by atoms with Gasteiger partial charge in [-0.3, -0.25) is 9.59 Å². The van der Waals surface area contributed by atoms with E-state index in [4.69, 9.17) is 18.9 Å². The number of esters is 3. The van der Waals surface area contributed by atoms with Crippen molar-refractivity contribution in [3.63, 3.8) is 0 Å². The SMILES string of the molecule is COC(=O)[C@H](C)O[C@@H]1OC(C(=O)OC)(C(=O)OC)CC2=C1C(=O)c1cc3ccccc3c(O)c1C2=O. The summed E-state index contributed by atoms with van der Waals surface area (Å²) in [6.45, 7) is 1.30. The van der Waals surface area contributed by atoms with Crippen LogP contribution in [0, 0.1) is 0 Å². The summed E-state index contributed by atoms with van der Waals surface area (Å²) in [6.07, 6.45) is -3.89. The van der Waals surface area contributed by atoms with E-state index in [0.717, 1.165) is 21.3 Å². The summed E-state index contributed by atoms with van der Waals surface area (Å²) in [6, 6.07) is 8.02. The predicted octanol–water partition coefficient (Wildman–Crippen LogP) is 1.63. The van der Waals surface area contributed by atoms with E-state index in [0.29, 0.717) is 10.8 Å². The van der Waals surface area contributed by atoms with Crippen LogP contribution in [0.15, 0.2) is 41.5 Å². The van der Waals surface area contributed by atoms with Gasteiger partial charge in [0, 0.05) is 22.9 Å². The Hall–Kier alpha value is -4.09. The molecule has 1 N–H and O–H groups in total. The van der Waals surface area contributed by atoms with Crippen LogP contribution in [0.5, 0.6) is 5.75 Å². The van der Waals surface area contributed by atoms with Crippen molar-refractivity contribution >= 4 is 40.2 Å². The van der Waals surface area contributed by atoms with E-state index in [1.54, 1.807) is 24.3 Å². The Balaban J connectivity index is 1.96. The number of rotatable bonds is 5. The number of phenolic OH excluding ortho intramolecular Hbond substituents is 1. The largest absolute Gasteiger partial charge is 0.507 e. The number of benzene rings is 2. The maximum atomic E-state index is 13.7. The summed E-state index contributed by atoms with van der Waals surface area (Å²) in [5.74, 6) is -5.26. The molecule has 2 aromatic carbocycles. The van der Waals surface area contributed by atoms with Gasteiger partial charge in [-0.1, -0.05) is 24.3 Å².